The molecular formula is C16H15NO3S. The van der Waals surface area contributed by atoms with Gasteiger partial charge in [0.1, 0.15) is 6.61 Å². The molecule has 1 atom stereocenters. The lowest BCUT2D eigenvalue weighted by molar-refractivity contribution is -0.164. The molecule has 1 aromatic heterocycles. The summed E-state index contributed by atoms with van der Waals surface area (Å²) in [6, 6.07) is 9.86. The Bertz CT molecular complexity index is 634. The molecule has 21 heavy (non-hydrogen) atoms. The third-order valence-corrected chi connectivity index (χ3v) is 4.14. The molecule has 2 aromatic rings. The highest BCUT2D eigenvalue weighted by Gasteiger charge is 2.31. The fourth-order valence-electron chi connectivity index (χ4n) is 2.15. The molecule has 5 heteroatoms. The first-order valence-corrected chi connectivity index (χ1v) is 7.74. The predicted molar refractivity (Wildman–Crippen MR) is 81.0 cm³/mol. The first-order valence-electron chi connectivity index (χ1n) is 6.80. The zero-order valence-corrected chi connectivity index (χ0v) is 12.2. The van der Waals surface area contributed by atoms with Crippen molar-refractivity contribution in [3.8, 4) is 11.1 Å². The molecule has 1 aliphatic rings. The van der Waals surface area contributed by atoms with Crippen LogP contribution in [-0.4, -0.2) is 24.5 Å². The zero-order chi connectivity index (χ0) is 14.7. The molecule has 0 saturated carbocycles. The predicted octanol–water partition coefficient (Wildman–Crippen LogP) is 2.39. The molecule has 4 nitrogen and oxygen atoms in total. The molecule has 1 aliphatic heterocycles. The summed E-state index contributed by atoms with van der Waals surface area (Å²) in [5.41, 5.74) is 3.51. The summed E-state index contributed by atoms with van der Waals surface area (Å²) in [7, 11) is 0. The van der Waals surface area contributed by atoms with E-state index in [2.05, 4.69) is 39.0 Å². The maximum atomic E-state index is 11.7. The minimum absolute atomic E-state index is 0.112. The number of nitrogens with one attached hydrogen (secondary N) is 1. The fourth-order valence-corrected chi connectivity index (χ4v) is 2.82. The van der Waals surface area contributed by atoms with Crippen LogP contribution in [0.2, 0.25) is 0 Å². The molecule has 1 aromatic carbocycles. The lowest BCUT2D eigenvalue weighted by atomic mass is 10.0. The second-order valence-electron chi connectivity index (χ2n) is 4.96. The SMILES string of the molecule is O=C(CCc1ccc(-c2ccsc2)cc1)N[C@@H]1COC1=O. The summed E-state index contributed by atoms with van der Waals surface area (Å²) in [4.78, 5) is 22.7. The number of hydrogen-bond acceptors (Lipinski definition) is 4. The van der Waals surface area contributed by atoms with E-state index >= 15 is 0 Å². The normalized spacial score (nSPS) is 17.0. The standard InChI is InChI=1S/C16H15NO3S/c18-15(17-14-9-20-16(14)19)6-3-11-1-4-12(5-2-11)13-7-8-21-10-13/h1-2,4-5,7-8,10,14H,3,6,9H2,(H,17,18)/t14-/m1/s1. The minimum Gasteiger partial charge on any atom is -0.461 e. The van der Waals surface area contributed by atoms with E-state index in [9.17, 15) is 9.59 Å². The van der Waals surface area contributed by atoms with E-state index in [1.165, 1.54) is 11.1 Å². The number of cyclic esters (lactones) is 1. The topological polar surface area (TPSA) is 55.4 Å². The van der Waals surface area contributed by atoms with E-state index in [4.69, 9.17) is 0 Å². The highest BCUT2D eigenvalue weighted by Crippen LogP contribution is 2.22. The van der Waals surface area contributed by atoms with Gasteiger partial charge in [0.2, 0.25) is 5.91 Å². The van der Waals surface area contributed by atoms with Gasteiger partial charge in [-0.05, 0) is 39.9 Å². The molecule has 0 bridgehead atoms. The number of hydrogen-bond donors (Lipinski definition) is 1. The Kier molecular flexibility index (Phi) is 4.01. The molecule has 0 spiro atoms. The van der Waals surface area contributed by atoms with Gasteiger partial charge in [0.15, 0.2) is 6.04 Å². The lowest BCUT2D eigenvalue weighted by Gasteiger charge is -2.25. The van der Waals surface area contributed by atoms with Gasteiger partial charge in [-0.3, -0.25) is 4.79 Å². The zero-order valence-electron chi connectivity index (χ0n) is 11.4. The van der Waals surface area contributed by atoms with Crippen molar-refractivity contribution < 1.29 is 14.3 Å². The molecule has 1 amide bonds. The number of carbonyl (C=O) groups excluding carboxylic acids is 2. The number of amides is 1. The Hall–Kier alpha value is -2.14. The first-order chi connectivity index (χ1) is 10.2. The van der Waals surface area contributed by atoms with Crippen LogP contribution in [0.25, 0.3) is 11.1 Å². The Labute approximate surface area is 126 Å². The third kappa shape index (κ3) is 3.31. The Balaban J connectivity index is 1.51. The van der Waals surface area contributed by atoms with E-state index in [0.29, 0.717) is 19.4 Å². The molecule has 1 saturated heterocycles. The maximum Gasteiger partial charge on any atom is 0.332 e. The molecular weight excluding hydrogens is 286 g/mol. The van der Waals surface area contributed by atoms with Gasteiger partial charge >= 0.3 is 5.97 Å². The van der Waals surface area contributed by atoms with Crippen LogP contribution in [0.1, 0.15) is 12.0 Å². The van der Waals surface area contributed by atoms with E-state index < -0.39 is 6.04 Å². The average molecular weight is 301 g/mol. The summed E-state index contributed by atoms with van der Waals surface area (Å²) in [5.74, 6) is -0.456. The number of carbonyl (C=O) groups is 2. The van der Waals surface area contributed by atoms with Crippen LogP contribution >= 0.6 is 11.3 Å². The fraction of sp³-hybridized carbons (Fsp3) is 0.250. The van der Waals surface area contributed by atoms with Gasteiger partial charge in [0.05, 0.1) is 0 Å². The molecule has 1 fully saturated rings. The van der Waals surface area contributed by atoms with Crippen LogP contribution in [0.3, 0.4) is 0 Å². The van der Waals surface area contributed by atoms with Crippen LogP contribution in [0.4, 0.5) is 0 Å². The number of ether oxygens (including phenoxy) is 1. The van der Waals surface area contributed by atoms with Crippen molar-refractivity contribution in [1.82, 2.24) is 5.32 Å². The Morgan fingerprint density at radius 3 is 2.62 bits per heavy atom. The third-order valence-electron chi connectivity index (χ3n) is 3.46. The number of rotatable bonds is 5. The van der Waals surface area contributed by atoms with Gasteiger partial charge in [0.25, 0.3) is 0 Å². The van der Waals surface area contributed by atoms with Crippen LogP contribution in [-0.2, 0) is 20.7 Å². The number of benzene rings is 1. The van der Waals surface area contributed by atoms with Crippen molar-refractivity contribution >= 4 is 23.2 Å². The van der Waals surface area contributed by atoms with Gasteiger partial charge < -0.3 is 10.1 Å². The number of thiophene rings is 1. The van der Waals surface area contributed by atoms with Crippen molar-refractivity contribution in [2.24, 2.45) is 0 Å². The molecule has 0 unspecified atom stereocenters. The molecule has 2 heterocycles. The van der Waals surface area contributed by atoms with Gasteiger partial charge in [-0.1, -0.05) is 24.3 Å². The Morgan fingerprint density at radius 1 is 1.24 bits per heavy atom. The average Bonchev–Trinajstić information content (AvgIpc) is 3.04. The molecule has 0 aliphatic carbocycles. The van der Waals surface area contributed by atoms with E-state index in [0.717, 1.165) is 5.56 Å². The molecule has 108 valence electrons. The summed E-state index contributed by atoms with van der Waals surface area (Å²) in [6.45, 7) is 0.292. The van der Waals surface area contributed by atoms with Crippen molar-refractivity contribution in [2.45, 2.75) is 18.9 Å². The quantitative estimate of drug-likeness (QED) is 0.863. The monoisotopic (exact) mass is 301 g/mol. The van der Waals surface area contributed by atoms with Crippen molar-refractivity contribution in [2.75, 3.05) is 6.61 Å². The van der Waals surface area contributed by atoms with E-state index in [1.807, 2.05) is 12.1 Å². The van der Waals surface area contributed by atoms with Crippen LogP contribution in [0, 0.1) is 0 Å². The maximum absolute atomic E-state index is 11.7. The highest BCUT2D eigenvalue weighted by atomic mass is 32.1. The Morgan fingerprint density at radius 2 is 2.05 bits per heavy atom. The van der Waals surface area contributed by atoms with E-state index in [-0.39, 0.29) is 11.9 Å². The molecule has 1 N–H and O–H groups in total. The summed E-state index contributed by atoms with van der Waals surface area (Å²) in [5, 5.41) is 6.82. The van der Waals surface area contributed by atoms with Gasteiger partial charge in [-0.25, -0.2) is 4.79 Å². The van der Waals surface area contributed by atoms with Crippen LogP contribution in [0.5, 0.6) is 0 Å². The summed E-state index contributed by atoms with van der Waals surface area (Å²) >= 11 is 1.68. The second kappa shape index (κ2) is 6.10. The van der Waals surface area contributed by atoms with Gasteiger partial charge in [0, 0.05) is 6.42 Å². The smallest absolute Gasteiger partial charge is 0.332 e. The van der Waals surface area contributed by atoms with Crippen molar-refractivity contribution in [3.05, 3.63) is 46.7 Å². The highest BCUT2D eigenvalue weighted by molar-refractivity contribution is 7.08. The van der Waals surface area contributed by atoms with Crippen molar-refractivity contribution in [3.63, 3.8) is 0 Å². The lowest BCUT2D eigenvalue weighted by Crippen LogP contribution is -2.52. The van der Waals surface area contributed by atoms with Crippen LogP contribution < -0.4 is 5.32 Å². The first kappa shape index (κ1) is 13.8. The number of aryl methyl sites for hydroxylation is 1. The molecule has 0 radical (unpaired) electrons. The van der Waals surface area contributed by atoms with Crippen molar-refractivity contribution in [1.29, 1.82) is 0 Å². The van der Waals surface area contributed by atoms with E-state index in [1.54, 1.807) is 11.3 Å². The summed E-state index contributed by atoms with van der Waals surface area (Å²) < 4.78 is 4.60. The summed E-state index contributed by atoms with van der Waals surface area (Å²) in [6.07, 6.45) is 1.04. The van der Waals surface area contributed by atoms with Gasteiger partial charge in [-0.15, -0.1) is 0 Å². The van der Waals surface area contributed by atoms with Crippen LogP contribution in [0.15, 0.2) is 41.1 Å². The molecule has 3 rings (SSSR count). The second-order valence-corrected chi connectivity index (χ2v) is 5.74. The number of esters is 1. The largest absolute Gasteiger partial charge is 0.461 e. The minimum atomic E-state index is -0.446. The van der Waals surface area contributed by atoms with Gasteiger partial charge in [-0.2, -0.15) is 11.3 Å².